The molecule has 7 nitrogen and oxygen atoms in total. The first-order valence-electron chi connectivity index (χ1n) is 7.95. The van der Waals surface area contributed by atoms with Crippen LogP contribution in [0.3, 0.4) is 0 Å². The maximum Gasteiger partial charge on any atom is 0.270 e. The highest BCUT2D eigenvalue weighted by atomic mass is 32.2. The van der Waals surface area contributed by atoms with Crippen molar-refractivity contribution in [3.8, 4) is 0 Å². The van der Waals surface area contributed by atoms with Crippen molar-refractivity contribution in [3.63, 3.8) is 0 Å². The molecule has 1 N–H and O–H groups in total. The van der Waals surface area contributed by atoms with E-state index in [-0.39, 0.29) is 17.1 Å². The Morgan fingerprint density at radius 2 is 1.72 bits per heavy atom. The number of nitro benzene ring substituents is 1. The summed E-state index contributed by atoms with van der Waals surface area (Å²) in [7, 11) is -3.82. The average Bonchev–Trinajstić information content (AvgIpc) is 2.62. The Balaban J connectivity index is 2.09. The number of nitro groups is 1. The monoisotopic (exact) mass is 363 g/mol. The third kappa shape index (κ3) is 4.77. The lowest BCUT2D eigenvalue weighted by Gasteiger charge is -2.21. The second-order valence-electron chi connectivity index (χ2n) is 5.42. The summed E-state index contributed by atoms with van der Waals surface area (Å²) in [5.74, 6) is 0. The molecular weight excluding hydrogens is 342 g/mol. The van der Waals surface area contributed by atoms with Gasteiger partial charge in [-0.2, -0.15) is 0 Å². The molecule has 25 heavy (non-hydrogen) atoms. The molecule has 0 aliphatic heterocycles. The van der Waals surface area contributed by atoms with Crippen LogP contribution in [0.15, 0.2) is 53.4 Å². The Morgan fingerprint density at radius 3 is 2.28 bits per heavy atom. The van der Waals surface area contributed by atoms with Crippen LogP contribution in [0.25, 0.3) is 0 Å². The van der Waals surface area contributed by atoms with Crippen LogP contribution in [0.1, 0.15) is 19.4 Å². The minimum Gasteiger partial charge on any atom is -0.372 e. The molecule has 0 bridgehead atoms. The number of hydrogen-bond donors (Lipinski definition) is 1. The van der Waals surface area contributed by atoms with Crippen molar-refractivity contribution < 1.29 is 13.3 Å². The van der Waals surface area contributed by atoms with E-state index in [0.29, 0.717) is 0 Å². The number of rotatable bonds is 8. The third-order valence-corrected chi connectivity index (χ3v) is 5.27. The molecule has 0 aliphatic rings. The van der Waals surface area contributed by atoms with E-state index in [1.54, 1.807) is 0 Å². The van der Waals surface area contributed by atoms with Crippen LogP contribution in [-0.2, 0) is 16.6 Å². The quantitative estimate of drug-likeness (QED) is 0.575. The normalized spacial score (nSPS) is 11.3. The van der Waals surface area contributed by atoms with Gasteiger partial charge in [0.25, 0.3) is 5.69 Å². The Hall–Kier alpha value is -2.45. The van der Waals surface area contributed by atoms with Crippen LogP contribution in [-0.4, -0.2) is 26.4 Å². The number of anilines is 1. The van der Waals surface area contributed by atoms with Gasteiger partial charge in [-0.25, -0.2) is 13.1 Å². The summed E-state index contributed by atoms with van der Waals surface area (Å²) in [4.78, 5) is 12.2. The van der Waals surface area contributed by atoms with E-state index < -0.39 is 14.9 Å². The van der Waals surface area contributed by atoms with Crippen LogP contribution < -0.4 is 9.62 Å². The van der Waals surface area contributed by atoms with Gasteiger partial charge in [0.1, 0.15) is 0 Å². The van der Waals surface area contributed by atoms with Gasteiger partial charge in [-0.1, -0.05) is 18.2 Å². The first-order valence-corrected chi connectivity index (χ1v) is 9.43. The molecular formula is C17H21N3O4S. The number of sulfonamides is 1. The fourth-order valence-corrected chi connectivity index (χ4v) is 3.50. The Morgan fingerprint density at radius 1 is 1.08 bits per heavy atom. The molecule has 0 heterocycles. The fraction of sp³-hybridized carbons (Fsp3) is 0.294. The van der Waals surface area contributed by atoms with Crippen molar-refractivity contribution in [1.29, 1.82) is 0 Å². The highest BCUT2D eigenvalue weighted by Crippen LogP contribution is 2.18. The standard InChI is InChI=1S/C17H21N3O4S/c1-3-19(4-2)15-10-8-14(9-11-15)13-18-25(23,24)17-7-5-6-16(12-17)20(21)22/h5-12,18H,3-4,13H2,1-2H3. The molecule has 0 amide bonds. The third-order valence-electron chi connectivity index (χ3n) is 3.87. The fourth-order valence-electron chi connectivity index (χ4n) is 2.44. The summed E-state index contributed by atoms with van der Waals surface area (Å²) < 4.78 is 27.1. The molecule has 2 aromatic rings. The van der Waals surface area contributed by atoms with E-state index in [9.17, 15) is 18.5 Å². The van der Waals surface area contributed by atoms with Gasteiger partial charge in [0.05, 0.1) is 9.82 Å². The average molecular weight is 363 g/mol. The van der Waals surface area contributed by atoms with Gasteiger partial charge in [-0.05, 0) is 37.6 Å². The van der Waals surface area contributed by atoms with Gasteiger partial charge >= 0.3 is 0 Å². The molecule has 0 saturated carbocycles. The second kappa shape index (κ2) is 8.09. The number of non-ortho nitro benzene ring substituents is 1. The molecule has 0 fully saturated rings. The van der Waals surface area contributed by atoms with E-state index in [1.807, 2.05) is 24.3 Å². The van der Waals surface area contributed by atoms with Gasteiger partial charge in [-0.15, -0.1) is 0 Å². The largest absolute Gasteiger partial charge is 0.372 e. The Bertz CT molecular complexity index is 831. The molecule has 0 unspecified atom stereocenters. The number of nitrogens with one attached hydrogen (secondary N) is 1. The van der Waals surface area contributed by atoms with Crippen molar-refractivity contribution in [1.82, 2.24) is 4.72 Å². The Kier molecular flexibility index (Phi) is 6.11. The van der Waals surface area contributed by atoms with Gasteiger partial charge in [-0.3, -0.25) is 10.1 Å². The molecule has 0 radical (unpaired) electrons. The van der Waals surface area contributed by atoms with Gasteiger partial charge in [0.2, 0.25) is 10.0 Å². The summed E-state index contributed by atoms with van der Waals surface area (Å²) in [6, 6.07) is 12.6. The van der Waals surface area contributed by atoms with Crippen molar-refractivity contribution in [2.75, 3.05) is 18.0 Å². The number of hydrogen-bond acceptors (Lipinski definition) is 5. The predicted molar refractivity (Wildman–Crippen MR) is 97.1 cm³/mol. The first kappa shape index (κ1) is 18.9. The van der Waals surface area contributed by atoms with E-state index in [0.717, 1.165) is 30.4 Å². The second-order valence-corrected chi connectivity index (χ2v) is 7.18. The summed E-state index contributed by atoms with van der Waals surface area (Å²) in [6.07, 6.45) is 0. The molecule has 0 atom stereocenters. The molecule has 0 aliphatic carbocycles. The van der Waals surface area contributed by atoms with Crippen LogP contribution in [0.2, 0.25) is 0 Å². The van der Waals surface area contributed by atoms with Gasteiger partial charge in [0.15, 0.2) is 0 Å². The Labute approximate surface area is 147 Å². The molecule has 134 valence electrons. The predicted octanol–water partition coefficient (Wildman–Crippen LogP) is 2.92. The lowest BCUT2D eigenvalue weighted by Crippen LogP contribution is -2.24. The number of nitrogens with zero attached hydrogens (tertiary/aromatic N) is 2. The van der Waals surface area contributed by atoms with E-state index >= 15 is 0 Å². The molecule has 2 rings (SSSR count). The van der Waals surface area contributed by atoms with Crippen molar-refractivity contribution in [2.45, 2.75) is 25.3 Å². The molecule has 2 aromatic carbocycles. The highest BCUT2D eigenvalue weighted by molar-refractivity contribution is 7.89. The molecule has 0 aromatic heterocycles. The minimum absolute atomic E-state index is 0.115. The van der Waals surface area contributed by atoms with Crippen molar-refractivity contribution >= 4 is 21.4 Å². The van der Waals surface area contributed by atoms with E-state index in [2.05, 4.69) is 23.5 Å². The molecule has 8 heteroatoms. The maximum atomic E-state index is 12.3. The van der Waals surface area contributed by atoms with Gasteiger partial charge < -0.3 is 4.90 Å². The summed E-state index contributed by atoms with van der Waals surface area (Å²) in [6.45, 7) is 6.06. The first-order chi connectivity index (χ1) is 11.9. The summed E-state index contributed by atoms with van der Waals surface area (Å²) >= 11 is 0. The lowest BCUT2D eigenvalue weighted by atomic mass is 10.2. The van der Waals surface area contributed by atoms with Crippen LogP contribution in [0, 0.1) is 10.1 Å². The zero-order valence-electron chi connectivity index (χ0n) is 14.2. The van der Waals surface area contributed by atoms with Crippen LogP contribution in [0.4, 0.5) is 11.4 Å². The SMILES string of the molecule is CCN(CC)c1ccc(CNS(=O)(=O)c2cccc([N+](=O)[O-])c2)cc1. The summed E-state index contributed by atoms with van der Waals surface area (Å²) in [5, 5.41) is 10.8. The highest BCUT2D eigenvalue weighted by Gasteiger charge is 2.17. The molecule has 0 spiro atoms. The minimum atomic E-state index is -3.82. The molecule has 0 saturated heterocycles. The zero-order valence-corrected chi connectivity index (χ0v) is 15.0. The van der Waals surface area contributed by atoms with Crippen molar-refractivity contribution in [2.24, 2.45) is 0 Å². The zero-order chi connectivity index (χ0) is 18.4. The summed E-state index contributed by atoms with van der Waals surface area (Å²) in [5.41, 5.74) is 1.63. The smallest absolute Gasteiger partial charge is 0.270 e. The van der Waals surface area contributed by atoms with Gasteiger partial charge in [0, 0.05) is 37.5 Å². The van der Waals surface area contributed by atoms with E-state index in [1.165, 1.54) is 18.2 Å². The lowest BCUT2D eigenvalue weighted by molar-refractivity contribution is -0.385. The topological polar surface area (TPSA) is 92.6 Å². The maximum absolute atomic E-state index is 12.3. The van der Waals surface area contributed by atoms with E-state index in [4.69, 9.17) is 0 Å². The van der Waals surface area contributed by atoms with Crippen molar-refractivity contribution in [3.05, 3.63) is 64.2 Å². The number of benzene rings is 2. The van der Waals surface area contributed by atoms with Crippen LogP contribution in [0.5, 0.6) is 0 Å². The van der Waals surface area contributed by atoms with Crippen LogP contribution >= 0.6 is 0 Å².